The molecule has 0 spiro atoms. The second-order valence-electron chi connectivity index (χ2n) is 10.4. The lowest BCUT2D eigenvalue weighted by Crippen LogP contribution is -2.59. The van der Waals surface area contributed by atoms with Gasteiger partial charge in [0.05, 0.1) is 11.9 Å². The van der Waals surface area contributed by atoms with Gasteiger partial charge < -0.3 is 10.1 Å². The zero-order valence-electron chi connectivity index (χ0n) is 19.2. The average molecular weight is 450 g/mol. The van der Waals surface area contributed by atoms with Gasteiger partial charge >= 0.3 is 0 Å². The Bertz CT molecular complexity index is 930. The molecule has 1 aliphatic carbocycles. The lowest BCUT2D eigenvalue weighted by Gasteiger charge is -2.30. The maximum absolute atomic E-state index is 13.3. The standard InChI is InChI=1S/C24H35NO5S/c1-16(2)13-19(22(27)25-24-12-6-7-21(24)30-14-20(24)26)31(28,29)15-17-8-10-18(11-9-17)23(3,4)5/h8-11,16,19,21H,6-7,12-15H2,1-5H3,(H,25,27). The molecule has 3 unspecified atom stereocenters. The highest BCUT2D eigenvalue weighted by atomic mass is 32.2. The summed E-state index contributed by atoms with van der Waals surface area (Å²) < 4.78 is 32.2. The number of Topliss-reactive ketones (excluding diaryl/α,β-unsaturated/α-hetero) is 1. The average Bonchev–Trinajstić information content (AvgIpc) is 3.18. The Kier molecular flexibility index (Phi) is 6.68. The molecular weight excluding hydrogens is 414 g/mol. The molecule has 1 saturated carbocycles. The van der Waals surface area contributed by atoms with Crippen molar-refractivity contribution < 1.29 is 22.7 Å². The molecule has 1 aromatic carbocycles. The zero-order valence-corrected chi connectivity index (χ0v) is 20.1. The number of rotatable bonds is 7. The fourth-order valence-corrected chi connectivity index (χ4v) is 6.54. The number of sulfone groups is 1. The number of ketones is 1. The first-order valence-corrected chi connectivity index (χ1v) is 12.8. The molecule has 1 aliphatic heterocycles. The fraction of sp³-hybridized carbons (Fsp3) is 0.667. The highest BCUT2D eigenvalue weighted by Crippen LogP contribution is 2.38. The number of hydrogen-bond donors (Lipinski definition) is 1. The lowest BCUT2D eigenvalue weighted by molar-refractivity contribution is -0.129. The van der Waals surface area contributed by atoms with E-state index in [1.54, 1.807) is 0 Å². The summed E-state index contributed by atoms with van der Waals surface area (Å²) in [4.78, 5) is 25.8. The first kappa shape index (κ1) is 23.9. The molecule has 1 N–H and O–H groups in total. The quantitative estimate of drug-likeness (QED) is 0.690. The van der Waals surface area contributed by atoms with Crippen LogP contribution in [0.2, 0.25) is 0 Å². The summed E-state index contributed by atoms with van der Waals surface area (Å²) >= 11 is 0. The van der Waals surface area contributed by atoms with Gasteiger partial charge in [0, 0.05) is 0 Å². The largest absolute Gasteiger partial charge is 0.367 e. The molecule has 1 aromatic rings. The summed E-state index contributed by atoms with van der Waals surface area (Å²) in [5.74, 6) is -0.919. The number of benzene rings is 1. The van der Waals surface area contributed by atoms with Crippen molar-refractivity contribution in [1.29, 1.82) is 0 Å². The fourth-order valence-electron chi connectivity index (χ4n) is 4.62. The molecule has 31 heavy (non-hydrogen) atoms. The Morgan fingerprint density at radius 1 is 1.23 bits per heavy atom. The van der Waals surface area contributed by atoms with Gasteiger partial charge in [-0.15, -0.1) is 0 Å². The van der Waals surface area contributed by atoms with Crippen LogP contribution >= 0.6 is 0 Å². The number of fused-ring (bicyclic) bond motifs is 1. The van der Waals surface area contributed by atoms with Gasteiger partial charge in [-0.05, 0) is 48.1 Å². The molecule has 0 aromatic heterocycles. The molecule has 6 nitrogen and oxygen atoms in total. The number of nitrogens with one attached hydrogen (secondary N) is 1. The third-order valence-electron chi connectivity index (χ3n) is 6.45. The van der Waals surface area contributed by atoms with E-state index < -0.39 is 26.5 Å². The maximum atomic E-state index is 13.3. The van der Waals surface area contributed by atoms with Gasteiger partial charge in [0.2, 0.25) is 5.91 Å². The van der Waals surface area contributed by atoms with Crippen LogP contribution in [0.25, 0.3) is 0 Å². The van der Waals surface area contributed by atoms with E-state index in [1.165, 1.54) is 0 Å². The summed E-state index contributed by atoms with van der Waals surface area (Å²) in [6.45, 7) is 10.1. The number of ether oxygens (including phenoxy) is 1. The van der Waals surface area contributed by atoms with Crippen LogP contribution in [-0.2, 0) is 35.3 Å². The molecule has 3 rings (SSSR count). The maximum Gasteiger partial charge on any atom is 0.239 e. The van der Waals surface area contributed by atoms with Gasteiger partial charge in [0.15, 0.2) is 15.6 Å². The van der Waals surface area contributed by atoms with Crippen molar-refractivity contribution in [2.24, 2.45) is 5.92 Å². The Balaban J connectivity index is 1.82. The monoisotopic (exact) mass is 449 g/mol. The van der Waals surface area contributed by atoms with E-state index in [0.717, 1.165) is 12.0 Å². The molecule has 0 bridgehead atoms. The topological polar surface area (TPSA) is 89.5 Å². The van der Waals surface area contributed by atoms with Crippen LogP contribution in [0, 0.1) is 5.92 Å². The van der Waals surface area contributed by atoms with Gasteiger partial charge in [-0.3, -0.25) is 9.59 Å². The normalized spacial score (nSPS) is 25.0. The van der Waals surface area contributed by atoms with Gasteiger partial charge in [0.25, 0.3) is 0 Å². The van der Waals surface area contributed by atoms with Crippen molar-refractivity contribution >= 4 is 21.5 Å². The third kappa shape index (κ3) is 5.03. The van der Waals surface area contributed by atoms with Gasteiger partial charge in [-0.1, -0.05) is 58.9 Å². The number of amides is 1. The molecule has 0 radical (unpaired) electrons. The summed E-state index contributed by atoms with van der Waals surface area (Å²) in [5, 5.41) is 1.64. The second kappa shape index (κ2) is 8.66. The van der Waals surface area contributed by atoms with Crippen molar-refractivity contribution in [3.05, 3.63) is 35.4 Å². The van der Waals surface area contributed by atoms with Crippen LogP contribution in [0.5, 0.6) is 0 Å². The van der Waals surface area contributed by atoms with Crippen LogP contribution in [0.3, 0.4) is 0 Å². The predicted octanol–water partition coefficient (Wildman–Crippen LogP) is 3.32. The zero-order chi connectivity index (χ0) is 23.0. The SMILES string of the molecule is CC(C)CC(C(=O)NC12CCCC1OCC2=O)S(=O)(=O)Cc1ccc(C(C)(C)C)cc1. The van der Waals surface area contributed by atoms with E-state index in [9.17, 15) is 18.0 Å². The Labute approximate surface area is 186 Å². The lowest BCUT2D eigenvalue weighted by atomic mass is 9.87. The van der Waals surface area contributed by atoms with Crippen LogP contribution in [0.1, 0.15) is 71.4 Å². The van der Waals surface area contributed by atoms with Crippen molar-refractivity contribution in [1.82, 2.24) is 5.32 Å². The van der Waals surface area contributed by atoms with E-state index in [-0.39, 0.29) is 42.0 Å². The summed E-state index contributed by atoms with van der Waals surface area (Å²) in [6.07, 6.45) is 1.84. The molecule has 1 amide bonds. The van der Waals surface area contributed by atoms with Crippen molar-refractivity contribution in [2.75, 3.05) is 6.61 Å². The number of carbonyl (C=O) groups is 2. The summed E-state index contributed by atoms with van der Waals surface area (Å²) in [6, 6.07) is 7.53. The molecule has 2 aliphatic rings. The number of hydrogen-bond acceptors (Lipinski definition) is 5. The smallest absolute Gasteiger partial charge is 0.239 e. The van der Waals surface area contributed by atoms with Crippen LogP contribution in [-0.4, -0.2) is 43.6 Å². The van der Waals surface area contributed by atoms with Crippen LogP contribution in [0.15, 0.2) is 24.3 Å². The van der Waals surface area contributed by atoms with E-state index >= 15 is 0 Å². The van der Waals surface area contributed by atoms with E-state index in [1.807, 2.05) is 38.1 Å². The highest BCUT2D eigenvalue weighted by Gasteiger charge is 2.55. The predicted molar refractivity (Wildman–Crippen MR) is 120 cm³/mol. The summed E-state index contributed by atoms with van der Waals surface area (Å²) in [5.41, 5.74) is 0.698. The minimum atomic E-state index is -3.77. The van der Waals surface area contributed by atoms with Crippen molar-refractivity contribution in [3.63, 3.8) is 0 Å². The molecule has 7 heteroatoms. The van der Waals surface area contributed by atoms with E-state index in [0.29, 0.717) is 18.4 Å². The van der Waals surface area contributed by atoms with Gasteiger partial charge in [-0.2, -0.15) is 0 Å². The Hall–Kier alpha value is -1.73. The molecule has 1 heterocycles. The number of carbonyl (C=O) groups excluding carboxylic acids is 2. The van der Waals surface area contributed by atoms with Gasteiger partial charge in [0.1, 0.15) is 17.4 Å². The van der Waals surface area contributed by atoms with Crippen molar-refractivity contribution in [3.8, 4) is 0 Å². The molecule has 3 atom stereocenters. The minimum Gasteiger partial charge on any atom is -0.367 e. The van der Waals surface area contributed by atoms with E-state index in [2.05, 4.69) is 26.1 Å². The molecule has 172 valence electrons. The van der Waals surface area contributed by atoms with Gasteiger partial charge in [-0.25, -0.2) is 8.42 Å². The van der Waals surface area contributed by atoms with Crippen molar-refractivity contribution in [2.45, 2.75) is 88.4 Å². The third-order valence-corrected chi connectivity index (χ3v) is 8.45. The van der Waals surface area contributed by atoms with E-state index in [4.69, 9.17) is 4.74 Å². The Morgan fingerprint density at radius 3 is 2.45 bits per heavy atom. The minimum absolute atomic E-state index is 0.0150. The highest BCUT2D eigenvalue weighted by molar-refractivity contribution is 7.92. The summed E-state index contributed by atoms with van der Waals surface area (Å²) in [7, 11) is -3.77. The molecule has 1 saturated heterocycles. The first-order valence-electron chi connectivity index (χ1n) is 11.1. The first-order chi connectivity index (χ1) is 14.3. The Morgan fingerprint density at radius 2 is 1.87 bits per heavy atom. The van der Waals surface area contributed by atoms with Crippen LogP contribution in [0.4, 0.5) is 0 Å². The molecular formula is C24H35NO5S. The van der Waals surface area contributed by atoms with Crippen LogP contribution < -0.4 is 5.32 Å². The second-order valence-corrected chi connectivity index (χ2v) is 12.6. The molecule has 2 fully saturated rings.